The zero-order valence-electron chi connectivity index (χ0n) is 12.9. The van der Waals surface area contributed by atoms with E-state index in [1.807, 2.05) is 0 Å². The Balaban J connectivity index is 2.14. The second-order valence-corrected chi connectivity index (χ2v) is 7.73. The van der Waals surface area contributed by atoms with E-state index >= 15 is 0 Å². The van der Waals surface area contributed by atoms with Crippen molar-refractivity contribution in [3.8, 4) is 0 Å². The van der Waals surface area contributed by atoms with Gasteiger partial charge in [-0.25, -0.2) is 0 Å². The van der Waals surface area contributed by atoms with E-state index in [1.54, 1.807) is 0 Å². The number of nitrogens with one attached hydrogen (secondary N) is 1. The van der Waals surface area contributed by atoms with Gasteiger partial charge < -0.3 is 0 Å². The Kier molecular flexibility index (Phi) is 3.81. The normalized spacial score (nSPS) is 36.3. The Bertz CT molecular complexity index is 281. The quantitative estimate of drug-likeness (QED) is 0.591. The van der Waals surface area contributed by atoms with Gasteiger partial charge in [-0.15, -0.1) is 0 Å². The average Bonchev–Trinajstić information content (AvgIpc) is 2.74. The van der Waals surface area contributed by atoms with Crippen molar-refractivity contribution in [1.82, 2.24) is 5.43 Å². The molecule has 2 heteroatoms. The first-order valence-corrected chi connectivity index (χ1v) is 7.84. The lowest BCUT2D eigenvalue weighted by Crippen LogP contribution is -2.47. The molecule has 2 saturated carbocycles. The van der Waals surface area contributed by atoms with E-state index in [2.05, 4.69) is 40.0 Å². The molecule has 0 amide bonds. The lowest BCUT2D eigenvalue weighted by Gasteiger charge is -2.37. The van der Waals surface area contributed by atoms with Crippen LogP contribution >= 0.6 is 0 Å². The monoisotopic (exact) mass is 252 g/mol. The summed E-state index contributed by atoms with van der Waals surface area (Å²) >= 11 is 0. The molecule has 18 heavy (non-hydrogen) atoms. The first-order valence-electron chi connectivity index (χ1n) is 7.84. The summed E-state index contributed by atoms with van der Waals surface area (Å²) in [7, 11) is 0. The summed E-state index contributed by atoms with van der Waals surface area (Å²) in [6.45, 7) is 12.0. The van der Waals surface area contributed by atoms with E-state index in [0.29, 0.717) is 16.9 Å². The molecule has 3 unspecified atom stereocenters. The molecule has 3 atom stereocenters. The van der Waals surface area contributed by atoms with Gasteiger partial charge in [0.1, 0.15) is 0 Å². The van der Waals surface area contributed by atoms with Crippen LogP contribution in [0.25, 0.3) is 0 Å². The van der Waals surface area contributed by atoms with Gasteiger partial charge in [0.15, 0.2) is 0 Å². The SMILES string of the molecule is CCC1CCCCC1C(NN)C1C(C)(C)C1(C)C. The fraction of sp³-hybridized carbons (Fsp3) is 1.00. The van der Waals surface area contributed by atoms with Crippen LogP contribution in [-0.4, -0.2) is 6.04 Å². The molecule has 2 fully saturated rings. The van der Waals surface area contributed by atoms with Crippen LogP contribution in [0.5, 0.6) is 0 Å². The van der Waals surface area contributed by atoms with Gasteiger partial charge in [0, 0.05) is 6.04 Å². The van der Waals surface area contributed by atoms with Crippen molar-refractivity contribution in [3.05, 3.63) is 0 Å². The number of nitrogens with two attached hydrogens (primary N) is 1. The molecule has 2 aliphatic carbocycles. The summed E-state index contributed by atoms with van der Waals surface area (Å²) < 4.78 is 0. The third-order valence-electron chi connectivity index (χ3n) is 6.64. The minimum Gasteiger partial charge on any atom is -0.271 e. The molecule has 3 N–H and O–H groups in total. The van der Waals surface area contributed by atoms with E-state index in [1.165, 1.54) is 32.1 Å². The highest BCUT2D eigenvalue weighted by molar-refractivity contribution is 5.17. The van der Waals surface area contributed by atoms with E-state index in [9.17, 15) is 0 Å². The highest BCUT2D eigenvalue weighted by Crippen LogP contribution is 2.70. The standard InChI is InChI=1S/C16H32N2/c1-6-11-9-7-8-10-12(11)13(18-17)14-15(2,3)16(14,4)5/h11-14,18H,6-10,17H2,1-5H3. The summed E-state index contributed by atoms with van der Waals surface area (Å²) in [5.41, 5.74) is 4.07. The maximum Gasteiger partial charge on any atom is 0.0280 e. The van der Waals surface area contributed by atoms with Gasteiger partial charge in [-0.3, -0.25) is 11.3 Å². The van der Waals surface area contributed by atoms with Crippen LogP contribution < -0.4 is 11.3 Å². The van der Waals surface area contributed by atoms with Crippen molar-refractivity contribution in [2.45, 2.75) is 72.8 Å². The summed E-state index contributed by atoms with van der Waals surface area (Å²) in [6, 6.07) is 0.514. The van der Waals surface area contributed by atoms with E-state index in [4.69, 9.17) is 5.84 Å². The molecule has 2 rings (SSSR count). The fourth-order valence-corrected chi connectivity index (χ4v) is 4.83. The molecule has 0 aromatic rings. The fourth-order valence-electron chi connectivity index (χ4n) is 4.83. The third-order valence-corrected chi connectivity index (χ3v) is 6.64. The van der Waals surface area contributed by atoms with Gasteiger partial charge in [0.05, 0.1) is 0 Å². The summed E-state index contributed by atoms with van der Waals surface area (Å²) in [4.78, 5) is 0. The molecule has 0 aromatic carbocycles. The van der Waals surface area contributed by atoms with Gasteiger partial charge in [0.2, 0.25) is 0 Å². The van der Waals surface area contributed by atoms with Gasteiger partial charge in [-0.1, -0.05) is 60.3 Å². The largest absolute Gasteiger partial charge is 0.271 e. The second kappa shape index (κ2) is 4.79. The molecule has 0 aliphatic heterocycles. The summed E-state index contributed by atoms with van der Waals surface area (Å²) in [5, 5.41) is 0. The van der Waals surface area contributed by atoms with Gasteiger partial charge in [-0.05, 0) is 35.0 Å². The van der Waals surface area contributed by atoms with E-state index in [0.717, 1.165) is 17.8 Å². The third kappa shape index (κ3) is 2.02. The van der Waals surface area contributed by atoms with Crippen molar-refractivity contribution in [3.63, 3.8) is 0 Å². The van der Waals surface area contributed by atoms with Crippen molar-refractivity contribution in [2.75, 3.05) is 0 Å². The molecule has 0 aromatic heterocycles. The highest BCUT2D eigenvalue weighted by atomic mass is 15.2. The second-order valence-electron chi connectivity index (χ2n) is 7.73. The topological polar surface area (TPSA) is 38.0 Å². The number of hydrogen-bond donors (Lipinski definition) is 2. The van der Waals surface area contributed by atoms with Gasteiger partial charge >= 0.3 is 0 Å². The number of rotatable bonds is 4. The Hall–Kier alpha value is -0.0800. The molecule has 0 heterocycles. The van der Waals surface area contributed by atoms with E-state index < -0.39 is 0 Å². The van der Waals surface area contributed by atoms with Crippen LogP contribution in [0.2, 0.25) is 0 Å². The molecular formula is C16H32N2. The molecular weight excluding hydrogens is 220 g/mol. The molecule has 2 aliphatic rings. The molecule has 106 valence electrons. The molecule has 0 saturated heterocycles. The first kappa shape index (κ1) is 14.3. The smallest absolute Gasteiger partial charge is 0.0280 e. The molecule has 0 spiro atoms. The van der Waals surface area contributed by atoms with Crippen LogP contribution in [0.4, 0.5) is 0 Å². The summed E-state index contributed by atoms with van der Waals surface area (Å²) in [5.74, 6) is 8.36. The summed E-state index contributed by atoms with van der Waals surface area (Å²) in [6.07, 6.45) is 6.91. The molecule has 0 bridgehead atoms. The van der Waals surface area contributed by atoms with Crippen molar-refractivity contribution in [2.24, 2.45) is 34.4 Å². The van der Waals surface area contributed by atoms with Gasteiger partial charge in [-0.2, -0.15) is 0 Å². The van der Waals surface area contributed by atoms with Crippen molar-refractivity contribution in [1.29, 1.82) is 0 Å². The zero-order chi connectivity index (χ0) is 13.6. The first-order chi connectivity index (χ1) is 8.37. The lowest BCUT2D eigenvalue weighted by atomic mass is 9.72. The van der Waals surface area contributed by atoms with Crippen molar-refractivity contribution < 1.29 is 0 Å². The predicted molar refractivity (Wildman–Crippen MR) is 77.9 cm³/mol. The minimum absolute atomic E-state index is 0.430. The Morgan fingerprint density at radius 3 is 2.11 bits per heavy atom. The molecule has 2 nitrogen and oxygen atoms in total. The van der Waals surface area contributed by atoms with Crippen LogP contribution in [0, 0.1) is 28.6 Å². The number of hydrazine groups is 1. The van der Waals surface area contributed by atoms with Crippen LogP contribution in [0.15, 0.2) is 0 Å². The lowest BCUT2D eigenvalue weighted by molar-refractivity contribution is 0.149. The van der Waals surface area contributed by atoms with Crippen LogP contribution in [0.3, 0.4) is 0 Å². The predicted octanol–water partition coefficient (Wildman–Crippen LogP) is 3.72. The highest BCUT2D eigenvalue weighted by Gasteiger charge is 2.68. The van der Waals surface area contributed by atoms with Crippen LogP contribution in [0.1, 0.15) is 66.7 Å². The Labute approximate surface area is 113 Å². The Morgan fingerprint density at radius 1 is 1.11 bits per heavy atom. The van der Waals surface area contributed by atoms with Gasteiger partial charge in [0.25, 0.3) is 0 Å². The van der Waals surface area contributed by atoms with Crippen LogP contribution in [-0.2, 0) is 0 Å². The maximum atomic E-state index is 5.95. The number of hydrogen-bond acceptors (Lipinski definition) is 2. The maximum absolute atomic E-state index is 5.95. The Morgan fingerprint density at radius 2 is 1.67 bits per heavy atom. The van der Waals surface area contributed by atoms with E-state index in [-0.39, 0.29) is 0 Å². The average molecular weight is 252 g/mol. The minimum atomic E-state index is 0.430. The zero-order valence-corrected chi connectivity index (χ0v) is 12.9. The molecule has 0 radical (unpaired) electrons. The van der Waals surface area contributed by atoms with Crippen molar-refractivity contribution >= 4 is 0 Å².